The lowest BCUT2D eigenvalue weighted by Gasteiger charge is -2.30. The average molecular weight is 432 g/mol. The van der Waals surface area contributed by atoms with Crippen LogP contribution in [0.25, 0.3) is 10.3 Å². The van der Waals surface area contributed by atoms with Gasteiger partial charge in [-0.05, 0) is 50.9 Å². The molecule has 0 bridgehead atoms. The molecule has 0 aromatic carbocycles. The second-order valence-electron chi connectivity index (χ2n) is 8.02. The van der Waals surface area contributed by atoms with E-state index in [9.17, 15) is 4.79 Å². The van der Waals surface area contributed by atoms with Crippen LogP contribution in [-0.4, -0.2) is 46.2 Å². The predicted octanol–water partition coefficient (Wildman–Crippen LogP) is 4.42. The van der Waals surface area contributed by atoms with Gasteiger partial charge in [0.05, 0.1) is 5.75 Å². The Morgan fingerprint density at radius 1 is 1.34 bits per heavy atom. The van der Waals surface area contributed by atoms with Gasteiger partial charge in [-0.3, -0.25) is 4.79 Å². The number of thiazole rings is 1. The molecule has 1 fully saturated rings. The largest absolute Gasteiger partial charge is 0.355 e. The summed E-state index contributed by atoms with van der Waals surface area (Å²) in [6.07, 6.45) is 12.3. The Morgan fingerprint density at radius 2 is 2.28 bits per heavy atom. The van der Waals surface area contributed by atoms with Crippen LogP contribution in [0.2, 0.25) is 0 Å². The highest BCUT2D eigenvalue weighted by Gasteiger charge is 2.21. The summed E-state index contributed by atoms with van der Waals surface area (Å²) in [6, 6.07) is 0. The number of anilines is 1. The van der Waals surface area contributed by atoms with Gasteiger partial charge in [0, 0.05) is 19.6 Å². The highest BCUT2D eigenvalue weighted by molar-refractivity contribution is 8.00. The molecule has 1 atom stereocenters. The van der Waals surface area contributed by atoms with E-state index in [0.717, 1.165) is 46.6 Å². The number of carbonyl (C=O) groups is 1. The fraction of sp³-hybridized carbons (Fsp3) is 0.619. The fourth-order valence-corrected chi connectivity index (χ4v) is 5.96. The summed E-state index contributed by atoms with van der Waals surface area (Å²) in [6.45, 7) is 5.12. The van der Waals surface area contributed by atoms with Crippen molar-refractivity contribution in [2.75, 3.05) is 30.3 Å². The Balaban J connectivity index is 1.32. The molecule has 156 valence electrons. The monoisotopic (exact) mass is 431 g/mol. The summed E-state index contributed by atoms with van der Waals surface area (Å²) in [5.74, 6) is 1.13. The maximum absolute atomic E-state index is 12.3. The lowest BCUT2D eigenvalue weighted by atomic mass is 9.97. The number of carbonyl (C=O) groups excluding carboxylic acids is 1. The number of hydrogen-bond acceptors (Lipinski definition) is 7. The Bertz CT molecular complexity index is 881. The molecule has 0 spiro atoms. The molecule has 1 aliphatic carbocycles. The maximum atomic E-state index is 12.3. The van der Waals surface area contributed by atoms with Crippen LogP contribution >= 0.6 is 23.1 Å². The minimum atomic E-state index is 0.0627. The van der Waals surface area contributed by atoms with Crippen molar-refractivity contribution in [1.29, 1.82) is 0 Å². The fourth-order valence-electron chi connectivity index (χ4n) is 4.00. The van der Waals surface area contributed by atoms with E-state index in [0.29, 0.717) is 11.7 Å². The molecule has 2 aromatic heterocycles. The number of nitrogens with one attached hydrogen (secondary N) is 1. The second-order valence-corrected chi connectivity index (χ2v) is 9.96. The first-order valence-electron chi connectivity index (χ1n) is 10.6. The van der Waals surface area contributed by atoms with Gasteiger partial charge < -0.3 is 10.2 Å². The summed E-state index contributed by atoms with van der Waals surface area (Å²) in [5.41, 5.74) is 2.23. The average Bonchev–Trinajstić information content (AvgIpc) is 3.18. The van der Waals surface area contributed by atoms with E-state index in [-0.39, 0.29) is 5.91 Å². The summed E-state index contributed by atoms with van der Waals surface area (Å²) >= 11 is 3.13. The number of hydrogen-bond donors (Lipinski definition) is 1. The van der Waals surface area contributed by atoms with Crippen molar-refractivity contribution in [1.82, 2.24) is 20.3 Å². The van der Waals surface area contributed by atoms with Crippen LogP contribution in [-0.2, 0) is 4.79 Å². The van der Waals surface area contributed by atoms with Gasteiger partial charge in [0.15, 0.2) is 10.8 Å². The molecule has 1 saturated heterocycles. The van der Waals surface area contributed by atoms with Gasteiger partial charge >= 0.3 is 0 Å². The number of fused-ring (bicyclic) bond motifs is 1. The zero-order chi connectivity index (χ0) is 20.1. The Kier molecular flexibility index (Phi) is 7.02. The van der Waals surface area contributed by atoms with E-state index >= 15 is 0 Å². The molecule has 3 heterocycles. The Morgan fingerprint density at radius 3 is 3.10 bits per heavy atom. The molecule has 0 unspecified atom stereocenters. The van der Waals surface area contributed by atoms with Crippen molar-refractivity contribution in [3.63, 3.8) is 0 Å². The number of allylic oxidation sites excluding steroid dienone is 1. The Labute approximate surface area is 180 Å². The molecule has 1 amide bonds. The molecule has 0 radical (unpaired) electrons. The first kappa shape index (κ1) is 20.6. The van der Waals surface area contributed by atoms with Crippen LogP contribution in [0.4, 0.5) is 5.13 Å². The van der Waals surface area contributed by atoms with Gasteiger partial charge in [-0.25, -0.2) is 9.97 Å². The van der Waals surface area contributed by atoms with Gasteiger partial charge in [0.25, 0.3) is 0 Å². The standard InChI is InChI=1S/C21H29N5OS2/c1-15-6-5-11-26(12-15)21-25-19-18(29-21)20(24-14-23-19)28-13-17(27)22-10-9-16-7-3-2-4-8-16/h7,14-15H,2-6,8-13H2,1H3,(H,22,27)/t15-/m1/s1. The molecule has 1 aliphatic heterocycles. The van der Waals surface area contributed by atoms with Crippen molar-refractivity contribution >= 4 is 44.5 Å². The van der Waals surface area contributed by atoms with Gasteiger partial charge in [0.2, 0.25) is 5.91 Å². The predicted molar refractivity (Wildman–Crippen MR) is 121 cm³/mol. The first-order valence-corrected chi connectivity index (χ1v) is 12.4. The molecule has 4 rings (SSSR count). The molecule has 2 aliphatic rings. The van der Waals surface area contributed by atoms with E-state index < -0.39 is 0 Å². The third-order valence-corrected chi connectivity index (χ3v) is 7.80. The van der Waals surface area contributed by atoms with Crippen LogP contribution in [0.5, 0.6) is 0 Å². The van der Waals surface area contributed by atoms with Crippen LogP contribution in [0.1, 0.15) is 51.9 Å². The van der Waals surface area contributed by atoms with Crippen molar-refractivity contribution in [2.24, 2.45) is 5.92 Å². The minimum Gasteiger partial charge on any atom is -0.355 e. The third-order valence-electron chi connectivity index (χ3n) is 5.57. The van der Waals surface area contributed by atoms with Crippen molar-refractivity contribution in [3.05, 3.63) is 18.0 Å². The molecular formula is C21H29N5OS2. The lowest BCUT2D eigenvalue weighted by molar-refractivity contribution is -0.118. The zero-order valence-electron chi connectivity index (χ0n) is 17.0. The number of amides is 1. The van der Waals surface area contributed by atoms with E-state index in [1.54, 1.807) is 17.7 Å². The van der Waals surface area contributed by atoms with Crippen molar-refractivity contribution in [2.45, 2.75) is 56.9 Å². The number of aromatic nitrogens is 3. The zero-order valence-corrected chi connectivity index (χ0v) is 18.7. The van der Waals surface area contributed by atoms with Crippen molar-refractivity contribution in [3.8, 4) is 0 Å². The smallest absolute Gasteiger partial charge is 0.230 e. The molecule has 0 saturated carbocycles. The van der Waals surface area contributed by atoms with Gasteiger partial charge in [-0.15, -0.1) is 0 Å². The Hall–Kier alpha value is -1.67. The third kappa shape index (κ3) is 5.48. The van der Waals surface area contributed by atoms with Gasteiger partial charge in [-0.1, -0.05) is 41.7 Å². The minimum absolute atomic E-state index is 0.0627. The van der Waals surface area contributed by atoms with Gasteiger partial charge in [0.1, 0.15) is 16.1 Å². The number of rotatable bonds is 7. The number of piperidine rings is 1. The van der Waals surface area contributed by atoms with E-state index in [1.807, 2.05) is 0 Å². The van der Waals surface area contributed by atoms with Gasteiger partial charge in [-0.2, -0.15) is 4.98 Å². The van der Waals surface area contributed by atoms with Crippen LogP contribution < -0.4 is 10.2 Å². The summed E-state index contributed by atoms with van der Waals surface area (Å²) in [7, 11) is 0. The summed E-state index contributed by atoms with van der Waals surface area (Å²) in [5, 5.41) is 4.93. The first-order chi connectivity index (χ1) is 14.2. The highest BCUT2D eigenvalue weighted by Crippen LogP contribution is 2.35. The normalized spacial score (nSPS) is 20.0. The quantitative estimate of drug-likeness (QED) is 0.397. The number of nitrogens with zero attached hydrogens (tertiary/aromatic N) is 4. The molecule has 2 aromatic rings. The summed E-state index contributed by atoms with van der Waals surface area (Å²) < 4.78 is 0.992. The van der Waals surface area contributed by atoms with E-state index in [4.69, 9.17) is 4.98 Å². The SMILES string of the molecule is C[C@@H]1CCCN(c2nc3ncnc(SCC(=O)NCCC4=CCCCC4)c3s2)C1. The highest BCUT2D eigenvalue weighted by atomic mass is 32.2. The molecular weight excluding hydrogens is 402 g/mol. The van der Waals surface area contributed by atoms with E-state index in [1.165, 1.54) is 55.9 Å². The molecule has 6 nitrogen and oxygen atoms in total. The van der Waals surface area contributed by atoms with Crippen LogP contribution in [0, 0.1) is 5.92 Å². The van der Waals surface area contributed by atoms with Crippen molar-refractivity contribution < 1.29 is 4.79 Å². The lowest BCUT2D eigenvalue weighted by Crippen LogP contribution is -2.34. The van der Waals surface area contributed by atoms with Crippen LogP contribution in [0.15, 0.2) is 23.0 Å². The van der Waals surface area contributed by atoms with E-state index in [2.05, 4.69) is 33.2 Å². The molecule has 8 heteroatoms. The van der Waals surface area contributed by atoms with Crippen LogP contribution in [0.3, 0.4) is 0 Å². The molecule has 29 heavy (non-hydrogen) atoms. The maximum Gasteiger partial charge on any atom is 0.230 e. The topological polar surface area (TPSA) is 71.0 Å². The number of thioether (sulfide) groups is 1. The second kappa shape index (κ2) is 9.89. The molecule has 1 N–H and O–H groups in total. The summed E-state index contributed by atoms with van der Waals surface area (Å²) in [4.78, 5) is 28.1.